The van der Waals surface area contributed by atoms with Gasteiger partial charge in [0.05, 0.1) is 4.47 Å². The molecule has 6 heteroatoms. The normalized spacial score (nSPS) is 10.2. The number of carbonyl (C=O) groups excluding carboxylic acids is 1. The Labute approximate surface area is 110 Å². The molecule has 0 aliphatic carbocycles. The monoisotopic (exact) mass is 312 g/mol. The van der Waals surface area contributed by atoms with Gasteiger partial charge in [-0.1, -0.05) is 0 Å². The van der Waals surface area contributed by atoms with E-state index in [4.69, 9.17) is 0 Å². The minimum Gasteiger partial charge on any atom is -0.322 e. The van der Waals surface area contributed by atoms with Crippen LogP contribution in [0.2, 0.25) is 0 Å². The summed E-state index contributed by atoms with van der Waals surface area (Å²) >= 11 is 3.00. The maximum absolute atomic E-state index is 13.2. The van der Waals surface area contributed by atoms with Gasteiger partial charge in [0.1, 0.15) is 5.82 Å². The molecule has 0 atom stereocenters. The molecule has 0 unspecified atom stereocenters. The predicted octanol–water partition coefficient (Wildman–Crippen LogP) is 3.37. The molecule has 0 aliphatic heterocycles. The van der Waals surface area contributed by atoms with Crippen molar-refractivity contribution in [3.05, 3.63) is 58.3 Å². The summed E-state index contributed by atoms with van der Waals surface area (Å²) in [5, 5.41) is 2.46. The zero-order chi connectivity index (χ0) is 13.1. The number of amides is 1. The Morgan fingerprint density at radius 3 is 2.67 bits per heavy atom. The van der Waals surface area contributed by atoms with Gasteiger partial charge in [0.2, 0.25) is 5.95 Å². The van der Waals surface area contributed by atoms with E-state index in [-0.39, 0.29) is 11.3 Å². The molecule has 0 spiro atoms. The molecular formula is C12H7BrF2N2O. The Hall–Kier alpha value is -1.82. The van der Waals surface area contributed by atoms with Crippen molar-refractivity contribution in [1.82, 2.24) is 4.98 Å². The van der Waals surface area contributed by atoms with E-state index in [0.717, 1.165) is 6.07 Å². The van der Waals surface area contributed by atoms with Crippen molar-refractivity contribution in [3.8, 4) is 0 Å². The molecule has 3 nitrogen and oxygen atoms in total. The van der Waals surface area contributed by atoms with Crippen LogP contribution < -0.4 is 5.32 Å². The Morgan fingerprint density at radius 1 is 1.22 bits per heavy atom. The lowest BCUT2D eigenvalue weighted by atomic mass is 10.2. The van der Waals surface area contributed by atoms with E-state index >= 15 is 0 Å². The minimum absolute atomic E-state index is 0.117. The highest BCUT2D eigenvalue weighted by Gasteiger charge is 2.08. The first-order chi connectivity index (χ1) is 8.56. The van der Waals surface area contributed by atoms with Crippen LogP contribution in [0, 0.1) is 11.8 Å². The molecule has 0 saturated heterocycles. The Bertz CT molecular complexity index is 604. The molecule has 0 aliphatic rings. The molecule has 1 amide bonds. The van der Waals surface area contributed by atoms with Crippen molar-refractivity contribution in [2.24, 2.45) is 0 Å². The summed E-state index contributed by atoms with van der Waals surface area (Å²) in [6, 6.07) is 6.54. The molecule has 1 aromatic heterocycles. The van der Waals surface area contributed by atoms with E-state index in [1.807, 2.05) is 0 Å². The van der Waals surface area contributed by atoms with Crippen molar-refractivity contribution >= 4 is 27.5 Å². The number of pyridine rings is 1. The van der Waals surface area contributed by atoms with Gasteiger partial charge in [0.15, 0.2) is 0 Å². The standard InChI is InChI=1S/C12H7BrF2N2O/c13-9-2-1-8(6-10(9)14)17-12(18)7-3-4-16-11(15)5-7/h1-6H,(H,17,18). The van der Waals surface area contributed by atoms with Gasteiger partial charge in [0, 0.05) is 23.5 Å². The number of carbonyl (C=O) groups is 1. The second-order valence-electron chi connectivity index (χ2n) is 3.45. The third kappa shape index (κ3) is 2.89. The van der Waals surface area contributed by atoms with E-state index in [1.54, 1.807) is 0 Å². The van der Waals surface area contributed by atoms with E-state index < -0.39 is 17.7 Å². The summed E-state index contributed by atoms with van der Waals surface area (Å²) in [5.41, 5.74) is 0.406. The van der Waals surface area contributed by atoms with Gasteiger partial charge in [-0.2, -0.15) is 4.39 Å². The number of hydrogen-bond acceptors (Lipinski definition) is 2. The van der Waals surface area contributed by atoms with Crippen LogP contribution in [-0.4, -0.2) is 10.9 Å². The highest BCUT2D eigenvalue weighted by atomic mass is 79.9. The van der Waals surface area contributed by atoms with Crippen LogP contribution in [-0.2, 0) is 0 Å². The van der Waals surface area contributed by atoms with Crippen molar-refractivity contribution < 1.29 is 13.6 Å². The Morgan fingerprint density at radius 2 is 2.00 bits per heavy atom. The number of aromatic nitrogens is 1. The van der Waals surface area contributed by atoms with Crippen molar-refractivity contribution in [3.63, 3.8) is 0 Å². The summed E-state index contributed by atoms with van der Waals surface area (Å²) < 4.78 is 26.4. The van der Waals surface area contributed by atoms with Gasteiger partial charge in [-0.15, -0.1) is 0 Å². The fourth-order valence-electron chi connectivity index (χ4n) is 1.32. The van der Waals surface area contributed by atoms with Crippen molar-refractivity contribution in [2.45, 2.75) is 0 Å². The first-order valence-electron chi connectivity index (χ1n) is 4.94. The minimum atomic E-state index is -0.746. The van der Waals surface area contributed by atoms with E-state index in [2.05, 4.69) is 26.2 Å². The van der Waals surface area contributed by atoms with Crippen molar-refractivity contribution in [1.29, 1.82) is 0 Å². The van der Waals surface area contributed by atoms with Crippen LogP contribution in [0.15, 0.2) is 41.0 Å². The van der Waals surface area contributed by atoms with E-state index in [9.17, 15) is 13.6 Å². The third-order valence-corrected chi connectivity index (χ3v) is 2.81. The zero-order valence-electron chi connectivity index (χ0n) is 8.95. The second kappa shape index (κ2) is 5.22. The van der Waals surface area contributed by atoms with Crippen LogP contribution >= 0.6 is 15.9 Å². The van der Waals surface area contributed by atoms with Crippen LogP contribution in [0.25, 0.3) is 0 Å². The highest BCUT2D eigenvalue weighted by Crippen LogP contribution is 2.19. The number of hydrogen-bond donors (Lipinski definition) is 1. The maximum atomic E-state index is 13.2. The molecule has 1 N–H and O–H groups in total. The molecule has 0 fully saturated rings. The SMILES string of the molecule is O=C(Nc1ccc(Br)c(F)c1)c1ccnc(F)c1. The lowest BCUT2D eigenvalue weighted by Gasteiger charge is -2.05. The van der Waals surface area contributed by atoms with E-state index in [1.165, 1.54) is 30.5 Å². The first kappa shape index (κ1) is 12.6. The molecule has 1 heterocycles. The molecule has 0 saturated carbocycles. The third-order valence-electron chi connectivity index (χ3n) is 2.17. The molecule has 18 heavy (non-hydrogen) atoms. The molecule has 0 bridgehead atoms. The number of halogens is 3. The summed E-state index contributed by atoms with van der Waals surface area (Å²) in [6.07, 6.45) is 1.19. The molecular weight excluding hydrogens is 306 g/mol. The number of benzene rings is 1. The first-order valence-corrected chi connectivity index (χ1v) is 5.73. The average molecular weight is 313 g/mol. The zero-order valence-corrected chi connectivity index (χ0v) is 10.5. The lowest BCUT2D eigenvalue weighted by Crippen LogP contribution is -2.12. The average Bonchev–Trinajstić information content (AvgIpc) is 2.34. The van der Waals surface area contributed by atoms with Gasteiger partial charge in [-0.25, -0.2) is 9.37 Å². The summed E-state index contributed by atoms with van der Waals surface area (Å²) in [7, 11) is 0. The highest BCUT2D eigenvalue weighted by molar-refractivity contribution is 9.10. The predicted molar refractivity (Wildman–Crippen MR) is 66.2 cm³/mol. The molecule has 0 radical (unpaired) electrons. The maximum Gasteiger partial charge on any atom is 0.255 e. The summed E-state index contributed by atoms with van der Waals surface area (Å²) in [5.74, 6) is -1.77. The second-order valence-corrected chi connectivity index (χ2v) is 4.30. The number of anilines is 1. The Balaban J connectivity index is 2.18. The quantitative estimate of drug-likeness (QED) is 0.864. The molecule has 92 valence electrons. The smallest absolute Gasteiger partial charge is 0.255 e. The van der Waals surface area contributed by atoms with Gasteiger partial charge in [-0.3, -0.25) is 4.79 Å². The number of rotatable bonds is 2. The van der Waals surface area contributed by atoms with Crippen LogP contribution in [0.5, 0.6) is 0 Å². The van der Waals surface area contributed by atoms with Gasteiger partial charge in [0.25, 0.3) is 5.91 Å². The number of nitrogens with one attached hydrogen (secondary N) is 1. The van der Waals surface area contributed by atoms with Crippen LogP contribution in [0.1, 0.15) is 10.4 Å². The fraction of sp³-hybridized carbons (Fsp3) is 0. The van der Waals surface area contributed by atoms with Crippen LogP contribution in [0.4, 0.5) is 14.5 Å². The van der Waals surface area contributed by atoms with Crippen LogP contribution in [0.3, 0.4) is 0 Å². The Kier molecular flexibility index (Phi) is 3.66. The summed E-state index contributed by atoms with van der Waals surface area (Å²) in [4.78, 5) is 15.1. The van der Waals surface area contributed by atoms with E-state index in [0.29, 0.717) is 4.47 Å². The molecule has 1 aromatic carbocycles. The van der Waals surface area contributed by atoms with Gasteiger partial charge < -0.3 is 5.32 Å². The lowest BCUT2D eigenvalue weighted by molar-refractivity contribution is 0.102. The largest absolute Gasteiger partial charge is 0.322 e. The van der Waals surface area contributed by atoms with Gasteiger partial charge in [-0.05, 0) is 40.2 Å². The summed E-state index contributed by atoms with van der Waals surface area (Å²) in [6.45, 7) is 0. The fourth-order valence-corrected chi connectivity index (χ4v) is 1.57. The van der Waals surface area contributed by atoms with Gasteiger partial charge >= 0.3 is 0 Å². The molecule has 2 aromatic rings. The molecule has 2 rings (SSSR count). The van der Waals surface area contributed by atoms with Crippen molar-refractivity contribution in [2.75, 3.05) is 5.32 Å². The number of nitrogens with zero attached hydrogens (tertiary/aromatic N) is 1. The topological polar surface area (TPSA) is 42.0 Å².